The average Bonchev–Trinajstić information content (AvgIpc) is 2.32. The predicted molar refractivity (Wildman–Crippen MR) is 73.0 cm³/mol. The number of aromatic amines is 1. The summed E-state index contributed by atoms with van der Waals surface area (Å²) in [5, 5.41) is 0.470. The number of H-pyrrole nitrogens is 1. The third kappa shape index (κ3) is 2.18. The number of ether oxygens (including phenoxy) is 1. The highest BCUT2D eigenvalue weighted by Crippen LogP contribution is 2.20. The molecule has 0 bridgehead atoms. The van der Waals surface area contributed by atoms with Crippen molar-refractivity contribution < 1.29 is 9.53 Å². The molecule has 0 amide bonds. The molecule has 1 aromatic carbocycles. The molecule has 0 fully saturated rings. The van der Waals surface area contributed by atoms with Crippen LogP contribution in [0.4, 0.5) is 0 Å². The summed E-state index contributed by atoms with van der Waals surface area (Å²) < 4.78 is 5.68. The predicted octanol–water partition coefficient (Wildman–Crippen LogP) is 2.78. The second kappa shape index (κ2) is 4.94. The Hall–Kier alpha value is -1.62. The Bertz CT molecular complexity index is 676. The van der Waals surface area contributed by atoms with Crippen LogP contribution in [-0.4, -0.2) is 17.6 Å². The zero-order chi connectivity index (χ0) is 13.3. The van der Waals surface area contributed by atoms with E-state index in [0.717, 1.165) is 10.0 Å². The van der Waals surface area contributed by atoms with E-state index in [4.69, 9.17) is 4.74 Å². The van der Waals surface area contributed by atoms with Gasteiger partial charge in [-0.15, -0.1) is 0 Å². The van der Waals surface area contributed by atoms with Gasteiger partial charge in [0, 0.05) is 21.6 Å². The second-order valence-electron chi connectivity index (χ2n) is 3.90. The Kier molecular flexibility index (Phi) is 3.52. The molecule has 4 nitrogen and oxygen atoms in total. The summed E-state index contributed by atoms with van der Waals surface area (Å²) >= 11 is 3.37. The first-order valence-corrected chi connectivity index (χ1v) is 6.32. The molecule has 0 radical (unpaired) electrons. The topological polar surface area (TPSA) is 59.2 Å². The van der Waals surface area contributed by atoms with Crippen LogP contribution >= 0.6 is 15.9 Å². The van der Waals surface area contributed by atoms with E-state index in [1.165, 1.54) is 6.20 Å². The monoisotopic (exact) mass is 309 g/mol. The lowest BCUT2D eigenvalue weighted by Gasteiger charge is -2.05. The van der Waals surface area contributed by atoms with Crippen LogP contribution < -0.4 is 5.43 Å². The molecule has 1 N–H and O–H groups in total. The summed E-state index contributed by atoms with van der Waals surface area (Å²) in [6, 6.07) is 3.57. The van der Waals surface area contributed by atoms with Crippen molar-refractivity contribution in [3.8, 4) is 0 Å². The maximum atomic E-state index is 12.2. The highest BCUT2D eigenvalue weighted by molar-refractivity contribution is 9.10. The number of aryl methyl sites for hydroxylation is 1. The minimum Gasteiger partial charge on any atom is -0.462 e. The molecule has 0 saturated carbocycles. The van der Waals surface area contributed by atoms with Gasteiger partial charge < -0.3 is 9.72 Å². The number of pyridine rings is 1. The number of benzene rings is 1. The number of hydrogen-bond acceptors (Lipinski definition) is 3. The largest absolute Gasteiger partial charge is 0.462 e. The number of halogens is 1. The zero-order valence-corrected chi connectivity index (χ0v) is 11.6. The Balaban J connectivity index is 2.68. The lowest BCUT2D eigenvalue weighted by Crippen LogP contribution is -2.18. The maximum absolute atomic E-state index is 12.2. The molecule has 94 valence electrons. The molecule has 2 rings (SSSR count). The molecule has 1 aromatic heterocycles. The first-order valence-electron chi connectivity index (χ1n) is 5.53. The molecule has 0 aliphatic heterocycles. The van der Waals surface area contributed by atoms with Gasteiger partial charge in [-0.3, -0.25) is 4.79 Å². The van der Waals surface area contributed by atoms with Crippen molar-refractivity contribution in [1.82, 2.24) is 4.98 Å². The maximum Gasteiger partial charge on any atom is 0.343 e. The van der Waals surface area contributed by atoms with E-state index in [1.807, 2.05) is 13.0 Å². The molecular weight excluding hydrogens is 298 g/mol. The molecule has 1 heterocycles. The molecule has 2 aromatic rings. The normalized spacial score (nSPS) is 10.6. The molecular formula is C13H12BrNO3. The van der Waals surface area contributed by atoms with E-state index in [9.17, 15) is 9.59 Å². The van der Waals surface area contributed by atoms with Crippen LogP contribution in [0.25, 0.3) is 10.9 Å². The highest BCUT2D eigenvalue weighted by atomic mass is 79.9. The second-order valence-corrected chi connectivity index (χ2v) is 4.75. The summed E-state index contributed by atoms with van der Waals surface area (Å²) in [6.45, 7) is 3.88. The number of nitrogens with one attached hydrogen (secondary N) is 1. The number of hydrogen-bond donors (Lipinski definition) is 1. The van der Waals surface area contributed by atoms with E-state index in [1.54, 1.807) is 13.0 Å². The number of carbonyl (C=O) groups is 1. The lowest BCUT2D eigenvalue weighted by molar-refractivity contribution is 0.0524. The number of fused-ring (bicyclic) bond motifs is 1. The van der Waals surface area contributed by atoms with Crippen LogP contribution in [0.3, 0.4) is 0 Å². The minimum absolute atomic E-state index is 0.0279. The van der Waals surface area contributed by atoms with Gasteiger partial charge in [0.25, 0.3) is 0 Å². The molecule has 18 heavy (non-hydrogen) atoms. The van der Waals surface area contributed by atoms with Gasteiger partial charge in [-0.2, -0.15) is 0 Å². The summed E-state index contributed by atoms with van der Waals surface area (Å²) in [7, 11) is 0. The number of aromatic nitrogens is 1. The van der Waals surface area contributed by atoms with Crippen molar-refractivity contribution in [3.05, 3.63) is 44.2 Å². The first-order chi connectivity index (χ1) is 8.54. The number of esters is 1. The van der Waals surface area contributed by atoms with Gasteiger partial charge in [-0.1, -0.05) is 15.9 Å². The van der Waals surface area contributed by atoms with Gasteiger partial charge in [-0.05, 0) is 31.5 Å². The van der Waals surface area contributed by atoms with Crippen LogP contribution in [0.15, 0.2) is 27.6 Å². The molecule has 0 atom stereocenters. The Labute approximate surface area is 112 Å². The molecule has 0 spiro atoms. The standard InChI is InChI=1S/C13H12BrNO3/c1-3-18-13(17)9-6-15-11-4-7(2)10(14)5-8(11)12(9)16/h4-6H,3H2,1-2H3,(H,15,16). The highest BCUT2D eigenvalue weighted by Gasteiger charge is 2.14. The number of carbonyl (C=O) groups excluding carboxylic acids is 1. The van der Waals surface area contributed by atoms with Gasteiger partial charge in [0.15, 0.2) is 0 Å². The summed E-state index contributed by atoms with van der Waals surface area (Å²) in [6.07, 6.45) is 1.40. The van der Waals surface area contributed by atoms with Crippen LogP contribution in [0.2, 0.25) is 0 Å². The average molecular weight is 310 g/mol. The van der Waals surface area contributed by atoms with Crippen LogP contribution in [0, 0.1) is 6.92 Å². The zero-order valence-electron chi connectivity index (χ0n) is 10.0. The van der Waals surface area contributed by atoms with Crippen LogP contribution in [0.1, 0.15) is 22.8 Å². The van der Waals surface area contributed by atoms with Gasteiger partial charge in [0.05, 0.1) is 6.61 Å². The molecule has 0 aliphatic carbocycles. The Morgan fingerprint density at radius 3 is 2.83 bits per heavy atom. The van der Waals surface area contributed by atoms with Gasteiger partial charge in [0.1, 0.15) is 5.56 Å². The summed E-state index contributed by atoms with van der Waals surface area (Å²) in [4.78, 5) is 26.7. The Morgan fingerprint density at radius 1 is 1.44 bits per heavy atom. The third-order valence-electron chi connectivity index (χ3n) is 2.66. The van der Waals surface area contributed by atoms with E-state index >= 15 is 0 Å². The van der Waals surface area contributed by atoms with Crippen molar-refractivity contribution >= 4 is 32.8 Å². The van der Waals surface area contributed by atoms with Crippen molar-refractivity contribution in [1.29, 1.82) is 0 Å². The third-order valence-corrected chi connectivity index (χ3v) is 3.51. The van der Waals surface area contributed by atoms with Crippen molar-refractivity contribution in [2.75, 3.05) is 6.61 Å². The van der Waals surface area contributed by atoms with E-state index in [0.29, 0.717) is 10.9 Å². The van der Waals surface area contributed by atoms with Gasteiger partial charge in [-0.25, -0.2) is 4.79 Å². The van der Waals surface area contributed by atoms with Gasteiger partial charge in [0.2, 0.25) is 5.43 Å². The van der Waals surface area contributed by atoms with Crippen molar-refractivity contribution in [3.63, 3.8) is 0 Å². The number of rotatable bonds is 2. The minimum atomic E-state index is -0.600. The molecule has 5 heteroatoms. The van der Waals surface area contributed by atoms with Crippen molar-refractivity contribution in [2.45, 2.75) is 13.8 Å². The Morgan fingerprint density at radius 2 is 2.17 bits per heavy atom. The van der Waals surface area contributed by atoms with E-state index < -0.39 is 5.97 Å². The quantitative estimate of drug-likeness (QED) is 0.868. The fraction of sp³-hybridized carbons (Fsp3) is 0.231. The lowest BCUT2D eigenvalue weighted by atomic mass is 10.1. The molecule has 0 aliphatic rings. The van der Waals surface area contributed by atoms with Crippen molar-refractivity contribution in [2.24, 2.45) is 0 Å². The van der Waals surface area contributed by atoms with E-state index in [-0.39, 0.29) is 17.6 Å². The van der Waals surface area contributed by atoms with E-state index in [2.05, 4.69) is 20.9 Å². The molecule has 0 unspecified atom stereocenters. The fourth-order valence-corrected chi connectivity index (χ4v) is 2.05. The van der Waals surface area contributed by atoms with Crippen LogP contribution in [0.5, 0.6) is 0 Å². The summed E-state index contributed by atoms with van der Waals surface area (Å²) in [5.74, 6) is -0.600. The fourth-order valence-electron chi connectivity index (χ4n) is 1.71. The SMILES string of the molecule is CCOC(=O)c1c[nH]c2cc(C)c(Br)cc2c1=O. The summed E-state index contributed by atoms with van der Waals surface area (Å²) in [5.41, 5.74) is 1.43. The first kappa shape index (κ1) is 12.8. The van der Waals surface area contributed by atoms with Crippen LogP contribution in [-0.2, 0) is 4.74 Å². The molecule has 0 saturated heterocycles. The van der Waals surface area contributed by atoms with Gasteiger partial charge >= 0.3 is 5.97 Å². The smallest absolute Gasteiger partial charge is 0.343 e.